The molecular weight excluding hydrogens is 342 g/mol. The zero-order valence-electron chi connectivity index (χ0n) is 15.0. The molecule has 3 aromatic rings. The number of aromatic nitrogens is 3. The summed E-state index contributed by atoms with van der Waals surface area (Å²) in [7, 11) is 1.68. The van der Waals surface area contributed by atoms with Crippen LogP contribution in [0.2, 0.25) is 0 Å². The maximum Gasteiger partial charge on any atom is 0.258 e. The third-order valence-corrected chi connectivity index (χ3v) is 4.93. The molecule has 0 atom stereocenters. The van der Waals surface area contributed by atoms with Gasteiger partial charge in [-0.3, -0.25) is 14.6 Å². The molecule has 7 nitrogen and oxygen atoms in total. The summed E-state index contributed by atoms with van der Waals surface area (Å²) in [5.74, 6) is 0.488. The number of hydrogen-bond acceptors (Lipinski definition) is 5. The van der Waals surface area contributed by atoms with Crippen LogP contribution >= 0.6 is 0 Å². The number of rotatable bonds is 3. The standard InChI is InChI=1S/C20H17N5O2/c1-11-14(7-21)8-22-10-16(11)15-5-13-9-23-18(24-19(26)12-3-4-12)6-17(13)25(2)20(15)27/h5-6,8-10,12H,3-4H2,1-2H3,(H,23,24,26). The van der Waals surface area contributed by atoms with Crippen LogP contribution in [0.25, 0.3) is 22.0 Å². The van der Waals surface area contributed by atoms with E-state index in [0.717, 1.165) is 18.2 Å². The van der Waals surface area contributed by atoms with Crippen LogP contribution < -0.4 is 10.9 Å². The van der Waals surface area contributed by atoms with E-state index >= 15 is 0 Å². The number of aryl methyl sites for hydroxylation is 1. The molecule has 1 aliphatic carbocycles. The zero-order valence-corrected chi connectivity index (χ0v) is 15.0. The van der Waals surface area contributed by atoms with Crippen molar-refractivity contribution < 1.29 is 4.79 Å². The molecule has 0 radical (unpaired) electrons. The third-order valence-electron chi connectivity index (χ3n) is 4.93. The molecule has 27 heavy (non-hydrogen) atoms. The topological polar surface area (TPSA) is 101 Å². The summed E-state index contributed by atoms with van der Waals surface area (Å²) in [4.78, 5) is 33.3. The molecule has 3 heterocycles. The summed E-state index contributed by atoms with van der Waals surface area (Å²) in [5, 5.41) is 12.8. The van der Waals surface area contributed by atoms with E-state index in [1.807, 2.05) is 0 Å². The van der Waals surface area contributed by atoms with Gasteiger partial charge in [0.05, 0.1) is 11.1 Å². The Morgan fingerprint density at radius 2 is 2.04 bits per heavy atom. The van der Waals surface area contributed by atoms with Gasteiger partial charge in [0, 0.05) is 54.1 Å². The predicted molar refractivity (Wildman–Crippen MR) is 101 cm³/mol. The van der Waals surface area contributed by atoms with Gasteiger partial charge in [0.25, 0.3) is 5.56 Å². The molecule has 3 aromatic heterocycles. The Balaban J connectivity index is 1.83. The van der Waals surface area contributed by atoms with E-state index in [9.17, 15) is 14.9 Å². The average Bonchev–Trinajstić information content (AvgIpc) is 3.51. The molecule has 0 saturated heterocycles. The Morgan fingerprint density at radius 1 is 1.26 bits per heavy atom. The van der Waals surface area contributed by atoms with Gasteiger partial charge < -0.3 is 9.88 Å². The zero-order chi connectivity index (χ0) is 19.1. The lowest BCUT2D eigenvalue weighted by molar-refractivity contribution is -0.117. The van der Waals surface area contributed by atoms with Crippen LogP contribution in [0.3, 0.4) is 0 Å². The molecule has 1 N–H and O–H groups in total. The summed E-state index contributed by atoms with van der Waals surface area (Å²) in [6, 6.07) is 5.55. The quantitative estimate of drug-likeness (QED) is 0.774. The van der Waals surface area contributed by atoms with Gasteiger partial charge >= 0.3 is 0 Å². The second-order valence-electron chi connectivity index (χ2n) is 6.79. The van der Waals surface area contributed by atoms with Crippen molar-refractivity contribution in [3.05, 3.63) is 52.2 Å². The molecule has 0 bridgehead atoms. The van der Waals surface area contributed by atoms with Crippen LogP contribution in [0.15, 0.2) is 35.5 Å². The molecular formula is C20H17N5O2. The maximum atomic E-state index is 12.9. The fraction of sp³-hybridized carbons (Fsp3) is 0.250. The summed E-state index contributed by atoms with van der Waals surface area (Å²) in [6.45, 7) is 1.80. The van der Waals surface area contributed by atoms with E-state index in [4.69, 9.17) is 0 Å². The van der Waals surface area contributed by atoms with Gasteiger partial charge in [-0.1, -0.05) is 0 Å². The van der Waals surface area contributed by atoms with E-state index in [1.54, 1.807) is 38.5 Å². The molecule has 134 valence electrons. The lowest BCUT2D eigenvalue weighted by Gasteiger charge is -2.12. The molecule has 7 heteroatoms. The van der Waals surface area contributed by atoms with E-state index in [-0.39, 0.29) is 17.4 Å². The van der Waals surface area contributed by atoms with Gasteiger partial charge in [0.2, 0.25) is 5.91 Å². The lowest BCUT2D eigenvalue weighted by atomic mass is 10.00. The Morgan fingerprint density at radius 3 is 2.74 bits per heavy atom. The van der Waals surface area contributed by atoms with Crippen molar-refractivity contribution in [2.45, 2.75) is 19.8 Å². The second kappa shape index (κ2) is 6.32. The van der Waals surface area contributed by atoms with E-state index in [1.165, 1.54) is 10.8 Å². The Bertz CT molecular complexity index is 1190. The lowest BCUT2D eigenvalue weighted by Crippen LogP contribution is -2.20. The summed E-state index contributed by atoms with van der Waals surface area (Å²) >= 11 is 0. The highest BCUT2D eigenvalue weighted by molar-refractivity contribution is 5.95. The molecule has 4 rings (SSSR count). The number of nitrogens with zero attached hydrogens (tertiary/aromatic N) is 4. The number of anilines is 1. The van der Waals surface area contributed by atoms with Crippen molar-refractivity contribution in [2.75, 3.05) is 5.32 Å². The number of pyridine rings is 3. The first-order valence-corrected chi connectivity index (χ1v) is 8.65. The number of fused-ring (bicyclic) bond motifs is 1. The van der Waals surface area contributed by atoms with Crippen molar-refractivity contribution in [3.63, 3.8) is 0 Å². The first kappa shape index (κ1) is 16.9. The molecule has 0 spiro atoms. The van der Waals surface area contributed by atoms with Gasteiger partial charge in [-0.2, -0.15) is 5.26 Å². The van der Waals surface area contributed by atoms with Crippen molar-refractivity contribution in [3.8, 4) is 17.2 Å². The highest BCUT2D eigenvalue weighted by Crippen LogP contribution is 2.30. The fourth-order valence-corrected chi connectivity index (χ4v) is 3.11. The number of carbonyl (C=O) groups excluding carboxylic acids is 1. The van der Waals surface area contributed by atoms with Crippen LogP contribution in [0.1, 0.15) is 24.0 Å². The molecule has 1 saturated carbocycles. The largest absolute Gasteiger partial charge is 0.311 e. The summed E-state index contributed by atoms with van der Waals surface area (Å²) in [6.07, 6.45) is 6.54. The number of nitrogens with one attached hydrogen (secondary N) is 1. The molecule has 0 unspecified atom stereocenters. The predicted octanol–water partition coefficient (Wildman–Crippen LogP) is 2.52. The van der Waals surface area contributed by atoms with Crippen LogP contribution in [0.5, 0.6) is 0 Å². The van der Waals surface area contributed by atoms with Crippen LogP contribution in [-0.2, 0) is 11.8 Å². The Kier molecular flexibility index (Phi) is 3.96. The minimum atomic E-state index is -0.201. The molecule has 0 aromatic carbocycles. The van der Waals surface area contributed by atoms with Gasteiger partial charge in [-0.25, -0.2) is 4.98 Å². The Hall–Kier alpha value is -3.53. The van der Waals surface area contributed by atoms with Gasteiger partial charge in [-0.05, 0) is 31.4 Å². The molecule has 0 aliphatic heterocycles. The van der Waals surface area contributed by atoms with E-state index < -0.39 is 0 Å². The number of amides is 1. The maximum absolute atomic E-state index is 12.9. The van der Waals surface area contributed by atoms with Gasteiger partial charge in [-0.15, -0.1) is 0 Å². The highest BCUT2D eigenvalue weighted by Gasteiger charge is 2.29. The van der Waals surface area contributed by atoms with Crippen molar-refractivity contribution in [2.24, 2.45) is 13.0 Å². The minimum Gasteiger partial charge on any atom is -0.311 e. The second-order valence-corrected chi connectivity index (χ2v) is 6.79. The summed E-state index contributed by atoms with van der Waals surface area (Å²) in [5.41, 5.74) is 2.71. The summed E-state index contributed by atoms with van der Waals surface area (Å²) < 4.78 is 1.53. The van der Waals surface area contributed by atoms with Crippen LogP contribution in [-0.4, -0.2) is 20.4 Å². The van der Waals surface area contributed by atoms with Gasteiger partial charge in [0.15, 0.2) is 0 Å². The first-order valence-electron chi connectivity index (χ1n) is 8.65. The van der Waals surface area contributed by atoms with E-state index in [0.29, 0.717) is 33.6 Å². The molecule has 1 aliphatic rings. The highest BCUT2D eigenvalue weighted by atomic mass is 16.2. The molecule has 1 amide bonds. The SMILES string of the molecule is Cc1c(C#N)cncc1-c1cc2cnc(NC(=O)C3CC3)cc2n(C)c1=O. The van der Waals surface area contributed by atoms with Gasteiger partial charge in [0.1, 0.15) is 11.9 Å². The minimum absolute atomic E-state index is 0.0292. The van der Waals surface area contributed by atoms with Crippen LogP contribution in [0, 0.1) is 24.2 Å². The molecule has 1 fully saturated rings. The monoisotopic (exact) mass is 359 g/mol. The first-order chi connectivity index (χ1) is 13.0. The third kappa shape index (κ3) is 2.95. The number of hydrogen-bond donors (Lipinski definition) is 1. The van der Waals surface area contributed by atoms with Crippen molar-refractivity contribution in [1.29, 1.82) is 5.26 Å². The smallest absolute Gasteiger partial charge is 0.258 e. The normalized spacial score (nSPS) is 13.4. The average molecular weight is 359 g/mol. The van der Waals surface area contributed by atoms with Crippen molar-refractivity contribution >= 4 is 22.6 Å². The van der Waals surface area contributed by atoms with Crippen molar-refractivity contribution in [1.82, 2.24) is 14.5 Å². The van der Waals surface area contributed by atoms with E-state index in [2.05, 4.69) is 21.4 Å². The Labute approximate surface area is 155 Å². The fourth-order valence-electron chi connectivity index (χ4n) is 3.11. The number of nitriles is 1. The van der Waals surface area contributed by atoms with Crippen LogP contribution in [0.4, 0.5) is 5.82 Å². The number of carbonyl (C=O) groups is 1.